The summed E-state index contributed by atoms with van der Waals surface area (Å²) >= 11 is 0. The molecule has 9 heteroatoms. The molecule has 1 fully saturated rings. The van der Waals surface area contributed by atoms with Crippen LogP contribution in [0.1, 0.15) is 76.2 Å². The van der Waals surface area contributed by atoms with Crippen molar-refractivity contribution >= 4 is 17.6 Å². The molecular weight excluding hydrogens is 437 g/mol. The first kappa shape index (κ1) is 27.0. The molecule has 2 atom stereocenters. The largest absolute Gasteiger partial charge is 0.465 e. The number of benzene rings is 1. The highest BCUT2D eigenvalue weighted by atomic mass is 19.4. The smallest absolute Gasteiger partial charge is 0.418 e. The number of anilines is 1. The second-order valence-corrected chi connectivity index (χ2v) is 9.72. The number of halogens is 3. The Kier molecular flexibility index (Phi) is 8.79. The number of alkyl halides is 3. The summed E-state index contributed by atoms with van der Waals surface area (Å²) < 4.78 is 50.5. The van der Waals surface area contributed by atoms with Crippen LogP contribution in [-0.2, 0) is 20.4 Å². The predicted molar refractivity (Wildman–Crippen MR) is 120 cm³/mol. The van der Waals surface area contributed by atoms with E-state index >= 15 is 0 Å². The number of carbonyl (C=O) groups excluding carboxylic acids is 2. The van der Waals surface area contributed by atoms with E-state index < -0.39 is 29.4 Å². The van der Waals surface area contributed by atoms with Crippen molar-refractivity contribution in [2.24, 2.45) is 5.92 Å². The first-order valence-electron chi connectivity index (χ1n) is 11.3. The molecule has 0 amide bonds. The van der Waals surface area contributed by atoms with Crippen LogP contribution >= 0.6 is 0 Å². The lowest BCUT2D eigenvalue weighted by atomic mass is 9.81. The van der Waals surface area contributed by atoms with Crippen LogP contribution in [0.4, 0.5) is 18.9 Å². The topological polar surface area (TPSA) is 76.7 Å². The summed E-state index contributed by atoms with van der Waals surface area (Å²) in [5.41, 5.74) is -1.43. The molecule has 186 valence electrons. The normalized spacial score (nSPS) is 21.1. The van der Waals surface area contributed by atoms with Crippen LogP contribution in [0.5, 0.6) is 0 Å². The van der Waals surface area contributed by atoms with Gasteiger partial charge in [0.05, 0.1) is 18.2 Å². The Bertz CT molecular complexity index is 828. The Morgan fingerprint density at radius 3 is 2.18 bits per heavy atom. The molecule has 0 bridgehead atoms. The number of hydrogen-bond acceptors (Lipinski definition) is 6. The third-order valence-corrected chi connectivity index (χ3v) is 5.85. The lowest BCUT2D eigenvalue weighted by molar-refractivity contribution is -0.157. The molecule has 0 saturated heterocycles. The number of nitrogens with one attached hydrogen (secondary N) is 2. The molecule has 1 aromatic rings. The van der Waals surface area contributed by atoms with Gasteiger partial charge in [-0.1, -0.05) is 0 Å². The van der Waals surface area contributed by atoms with Gasteiger partial charge in [0, 0.05) is 17.8 Å². The number of rotatable bonds is 7. The Morgan fingerprint density at radius 2 is 1.67 bits per heavy atom. The van der Waals surface area contributed by atoms with E-state index in [4.69, 9.17) is 4.74 Å². The molecule has 0 spiro atoms. The first-order valence-corrected chi connectivity index (χ1v) is 11.3. The maximum Gasteiger partial charge on any atom is 0.418 e. The van der Waals surface area contributed by atoms with E-state index in [1.54, 1.807) is 6.92 Å². The van der Waals surface area contributed by atoms with E-state index in [1.807, 2.05) is 27.7 Å². The average Bonchev–Trinajstić information content (AvgIpc) is 2.71. The van der Waals surface area contributed by atoms with E-state index in [-0.39, 0.29) is 35.2 Å². The molecule has 1 aromatic carbocycles. The summed E-state index contributed by atoms with van der Waals surface area (Å²) in [5, 5.41) is 6.29. The highest BCUT2D eigenvalue weighted by molar-refractivity contribution is 5.90. The SMILES string of the molecule is COC(=O)c1ccc(C(F)(F)F)c(N[C@@H](C)C2CCC(N[C@@H](C)C(=O)OC(C)(C)C)CC2)c1. The van der Waals surface area contributed by atoms with Gasteiger partial charge in [-0.2, -0.15) is 13.2 Å². The number of hydrogen-bond donors (Lipinski definition) is 2. The third-order valence-electron chi connectivity index (χ3n) is 5.85. The molecule has 2 N–H and O–H groups in total. The Morgan fingerprint density at radius 1 is 1.06 bits per heavy atom. The maximum absolute atomic E-state index is 13.5. The van der Waals surface area contributed by atoms with Gasteiger partial charge in [-0.05, 0) is 84.4 Å². The van der Waals surface area contributed by atoms with Crippen molar-refractivity contribution in [3.63, 3.8) is 0 Å². The molecule has 0 heterocycles. The van der Waals surface area contributed by atoms with E-state index in [1.165, 1.54) is 13.2 Å². The highest BCUT2D eigenvalue weighted by Crippen LogP contribution is 2.37. The number of ether oxygens (including phenoxy) is 2. The first-order chi connectivity index (χ1) is 15.2. The zero-order chi connectivity index (χ0) is 25.0. The lowest BCUT2D eigenvalue weighted by Crippen LogP contribution is -2.46. The molecule has 1 aliphatic carbocycles. The second kappa shape index (κ2) is 10.8. The van der Waals surface area contributed by atoms with Gasteiger partial charge in [0.2, 0.25) is 0 Å². The van der Waals surface area contributed by atoms with E-state index in [0.29, 0.717) is 0 Å². The summed E-state index contributed by atoms with van der Waals surface area (Å²) in [7, 11) is 1.19. The van der Waals surface area contributed by atoms with Crippen molar-refractivity contribution in [1.29, 1.82) is 0 Å². The molecule has 6 nitrogen and oxygen atoms in total. The quantitative estimate of drug-likeness (QED) is 0.533. The van der Waals surface area contributed by atoms with E-state index in [0.717, 1.165) is 37.8 Å². The second-order valence-electron chi connectivity index (χ2n) is 9.72. The van der Waals surface area contributed by atoms with E-state index in [2.05, 4.69) is 15.4 Å². The Labute approximate surface area is 193 Å². The summed E-state index contributed by atoms with van der Waals surface area (Å²) in [6.45, 7) is 9.09. The van der Waals surface area contributed by atoms with Crippen LogP contribution < -0.4 is 10.6 Å². The molecule has 1 aliphatic rings. The zero-order valence-electron chi connectivity index (χ0n) is 20.1. The van der Waals surface area contributed by atoms with Crippen molar-refractivity contribution in [3.05, 3.63) is 29.3 Å². The number of carbonyl (C=O) groups is 2. The van der Waals surface area contributed by atoms with Crippen LogP contribution in [0, 0.1) is 5.92 Å². The maximum atomic E-state index is 13.5. The van der Waals surface area contributed by atoms with Crippen molar-refractivity contribution in [2.45, 2.75) is 90.2 Å². The summed E-state index contributed by atoms with van der Waals surface area (Å²) in [6.07, 6.45) is -1.35. The van der Waals surface area contributed by atoms with Gasteiger partial charge in [0.25, 0.3) is 0 Å². The zero-order valence-corrected chi connectivity index (χ0v) is 20.1. The van der Waals surface area contributed by atoms with Gasteiger partial charge in [-0.3, -0.25) is 4.79 Å². The van der Waals surface area contributed by atoms with Gasteiger partial charge in [-0.15, -0.1) is 0 Å². The fraction of sp³-hybridized carbons (Fsp3) is 0.667. The minimum absolute atomic E-state index is 0.0595. The summed E-state index contributed by atoms with van der Waals surface area (Å²) in [6, 6.07) is 2.69. The monoisotopic (exact) mass is 472 g/mol. The molecule has 0 radical (unpaired) electrons. The van der Waals surface area contributed by atoms with Gasteiger partial charge in [0.1, 0.15) is 11.6 Å². The lowest BCUT2D eigenvalue weighted by Gasteiger charge is -2.35. The average molecular weight is 473 g/mol. The van der Waals surface area contributed by atoms with Gasteiger partial charge < -0.3 is 20.1 Å². The fourth-order valence-electron chi connectivity index (χ4n) is 4.12. The van der Waals surface area contributed by atoms with Gasteiger partial charge in [-0.25, -0.2) is 4.79 Å². The van der Waals surface area contributed by atoms with Crippen molar-refractivity contribution < 1.29 is 32.2 Å². The van der Waals surface area contributed by atoms with Gasteiger partial charge >= 0.3 is 18.1 Å². The molecule has 33 heavy (non-hydrogen) atoms. The van der Waals surface area contributed by atoms with E-state index in [9.17, 15) is 22.8 Å². The van der Waals surface area contributed by atoms with Crippen LogP contribution in [0.15, 0.2) is 18.2 Å². The molecule has 1 saturated carbocycles. The van der Waals surface area contributed by atoms with Crippen molar-refractivity contribution in [3.8, 4) is 0 Å². The van der Waals surface area contributed by atoms with Crippen LogP contribution in [0.3, 0.4) is 0 Å². The van der Waals surface area contributed by atoms with Crippen molar-refractivity contribution in [1.82, 2.24) is 5.32 Å². The van der Waals surface area contributed by atoms with Crippen LogP contribution in [0.2, 0.25) is 0 Å². The molecular formula is C24H35F3N2O4. The van der Waals surface area contributed by atoms with Gasteiger partial charge in [0.15, 0.2) is 0 Å². The fourth-order valence-corrected chi connectivity index (χ4v) is 4.12. The Balaban J connectivity index is 1.99. The molecule has 0 aromatic heterocycles. The summed E-state index contributed by atoms with van der Waals surface area (Å²) in [5.74, 6) is -0.835. The molecule has 0 aliphatic heterocycles. The molecule has 2 rings (SSSR count). The van der Waals surface area contributed by atoms with Crippen LogP contribution in [0.25, 0.3) is 0 Å². The van der Waals surface area contributed by atoms with Crippen molar-refractivity contribution in [2.75, 3.05) is 12.4 Å². The standard InChI is InChI=1S/C24H35F3N2O4/c1-14(29-20-13-17(22(31)32-6)9-12-19(20)24(25,26)27)16-7-10-18(11-8-16)28-15(2)21(30)33-23(3,4)5/h9,12-16,18,28-29H,7-8,10-11H2,1-6H3/t14-,15-,16?,18?/m0/s1. The minimum atomic E-state index is -4.55. The minimum Gasteiger partial charge on any atom is -0.465 e. The predicted octanol–water partition coefficient (Wildman–Crippen LogP) is 5.17. The molecule has 0 unspecified atom stereocenters. The Hall–Kier alpha value is -2.29. The summed E-state index contributed by atoms with van der Waals surface area (Å²) in [4.78, 5) is 24.0. The third kappa shape index (κ3) is 7.91. The van der Waals surface area contributed by atoms with Crippen LogP contribution in [-0.4, -0.2) is 42.8 Å². The number of esters is 2. The number of methoxy groups -OCH3 is 1. The highest BCUT2D eigenvalue weighted by Gasteiger charge is 2.35.